The SMILES string of the molecule is C/C(=C\CC[C]=O)CCCC(C)CCCC(C)CCCC(C)C. The van der Waals surface area contributed by atoms with Gasteiger partial charge in [-0.15, -0.1) is 0 Å². The summed E-state index contributed by atoms with van der Waals surface area (Å²) in [5.41, 5.74) is 1.44. The summed E-state index contributed by atoms with van der Waals surface area (Å²) in [5.74, 6) is 2.62. The Morgan fingerprint density at radius 3 is 1.91 bits per heavy atom. The van der Waals surface area contributed by atoms with Gasteiger partial charge >= 0.3 is 0 Å². The highest BCUT2D eigenvalue weighted by molar-refractivity contribution is 5.50. The van der Waals surface area contributed by atoms with Crippen LogP contribution in [0.15, 0.2) is 11.6 Å². The molecule has 1 heteroatoms. The summed E-state index contributed by atoms with van der Waals surface area (Å²) in [6.07, 6.45) is 17.8. The van der Waals surface area contributed by atoms with Crippen LogP contribution in [-0.4, -0.2) is 6.29 Å². The second-order valence-electron chi connectivity index (χ2n) is 8.09. The van der Waals surface area contributed by atoms with E-state index in [0.717, 1.165) is 24.2 Å². The average molecular weight is 322 g/mol. The molecule has 0 saturated heterocycles. The van der Waals surface area contributed by atoms with E-state index in [4.69, 9.17) is 0 Å². The molecule has 1 radical (unpaired) electrons. The van der Waals surface area contributed by atoms with E-state index in [1.165, 1.54) is 63.4 Å². The molecule has 2 unspecified atom stereocenters. The first-order chi connectivity index (χ1) is 11.0. The first-order valence-corrected chi connectivity index (χ1v) is 9.96. The second kappa shape index (κ2) is 15.0. The van der Waals surface area contributed by atoms with Crippen molar-refractivity contribution in [1.29, 1.82) is 0 Å². The van der Waals surface area contributed by atoms with Gasteiger partial charge in [-0.1, -0.05) is 84.3 Å². The fourth-order valence-electron chi connectivity index (χ4n) is 3.19. The molecule has 0 saturated carbocycles. The smallest absolute Gasteiger partial charge is 0.198 e. The fourth-order valence-corrected chi connectivity index (χ4v) is 3.19. The quantitative estimate of drug-likeness (QED) is 0.229. The van der Waals surface area contributed by atoms with E-state index in [1.54, 1.807) is 0 Å². The first kappa shape index (κ1) is 22.4. The Hall–Kier alpha value is -0.590. The van der Waals surface area contributed by atoms with E-state index in [2.05, 4.69) is 40.7 Å². The van der Waals surface area contributed by atoms with Crippen LogP contribution in [0.1, 0.15) is 105 Å². The van der Waals surface area contributed by atoms with Gasteiger partial charge in [-0.2, -0.15) is 0 Å². The molecule has 0 heterocycles. The molecule has 0 N–H and O–H groups in total. The minimum Gasteiger partial charge on any atom is -0.291 e. The van der Waals surface area contributed by atoms with Crippen molar-refractivity contribution in [1.82, 2.24) is 0 Å². The van der Waals surface area contributed by atoms with Crippen molar-refractivity contribution in [3.8, 4) is 0 Å². The Labute approximate surface area is 146 Å². The van der Waals surface area contributed by atoms with Crippen molar-refractivity contribution < 1.29 is 4.79 Å². The Morgan fingerprint density at radius 1 is 0.870 bits per heavy atom. The summed E-state index contributed by atoms with van der Waals surface area (Å²) in [6.45, 7) is 11.7. The van der Waals surface area contributed by atoms with Gasteiger partial charge in [0.25, 0.3) is 0 Å². The highest BCUT2D eigenvalue weighted by atomic mass is 16.1. The average Bonchev–Trinajstić information content (AvgIpc) is 2.47. The normalized spacial score (nSPS) is 15.0. The zero-order chi connectivity index (χ0) is 17.5. The molecule has 23 heavy (non-hydrogen) atoms. The number of unbranched alkanes of at least 4 members (excludes halogenated alkanes) is 1. The van der Waals surface area contributed by atoms with Crippen molar-refractivity contribution in [2.24, 2.45) is 17.8 Å². The van der Waals surface area contributed by atoms with E-state index >= 15 is 0 Å². The maximum atomic E-state index is 10.2. The maximum Gasteiger partial charge on any atom is 0.198 e. The fraction of sp³-hybridized carbons (Fsp3) is 0.864. The van der Waals surface area contributed by atoms with Crippen molar-refractivity contribution in [2.45, 2.75) is 105 Å². The lowest BCUT2D eigenvalue weighted by Crippen LogP contribution is -2.00. The molecular formula is C22H41O. The van der Waals surface area contributed by atoms with Crippen LogP contribution in [-0.2, 0) is 4.79 Å². The van der Waals surface area contributed by atoms with Gasteiger partial charge in [0.15, 0.2) is 6.29 Å². The molecule has 0 aromatic heterocycles. The summed E-state index contributed by atoms with van der Waals surface area (Å²) >= 11 is 0. The Bertz CT molecular complexity index is 303. The van der Waals surface area contributed by atoms with Gasteiger partial charge in [-0.3, -0.25) is 4.79 Å². The van der Waals surface area contributed by atoms with Gasteiger partial charge in [0.1, 0.15) is 0 Å². The summed E-state index contributed by atoms with van der Waals surface area (Å²) in [7, 11) is 0. The van der Waals surface area contributed by atoms with Crippen molar-refractivity contribution in [3.63, 3.8) is 0 Å². The van der Waals surface area contributed by atoms with Gasteiger partial charge < -0.3 is 0 Å². The predicted octanol–water partition coefficient (Wildman–Crippen LogP) is 7.26. The molecule has 0 amide bonds. The van der Waals surface area contributed by atoms with Gasteiger partial charge in [0, 0.05) is 6.42 Å². The standard InChI is InChI=1S/C22H41O/c1-19(2)11-8-13-21(4)15-10-17-22(5)16-9-14-20(3)12-6-7-18-23/h12,19,21-22H,6-11,13-17H2,1-5H3/b20-12+. The zero-order valence-corrected chi connectivity index (χ0v) is 16.5. The number of rotatable bonds is 15. The molecule has 135 valence electrons. The van der Waals surface area contributed by atoms with Crippen LogP contribution in [0.25, 0.3) is 0 Å². The van der Waals surface area contributed by atoms with E-state index in [1.807, 2.05) is 6.29 Å². The van der Waals surface area contributed by atoms with Crippen LogP contribution in [0.5, 0.6) is 0 Å². The third-order valence-corrected chi connectivity index (χ3v) is 4.88. The van der Waals surface area contributed by atoms with Gasteiger partial charge in [-0.05, 0) is 43.9 Å². The van der Waals surface area contributed by atoms with Crippen LogP contribution in [0.3, 0.4) is 0 Å². The van der Waals surface area contributed by atoms with E-state index in [0.29, 0.717) is 6.42 Å². The molecule has 1 nitrogen and oxygen atoms in total. The lowest BCUT2D eigenvalue weighted by Gasteiger charge is -2.15. The number of hydrogen-bond acceptors (Lipinski definition) is 1. The molecule has 0 fully saturated rings. The molecule has 0 aromatic rings. The highest BCUT2D eigenvalue weighted by Crippen LogP contribution is 2.22. The Morgan fingerprint density at radius 2 is 1.39 bits per heavy atom. The van der Waals surface area contributed by atoms with Gasteiger partial charge in [0.05, 0.1) is 0 Å². The summed E-state index contributed by atoms with van der Waals surface area (Å²) in [5, 5.41) is 0. The Balaban J connectivity index is 3.57. The summed E-state index contributed by atoms with van der Waals surface area (Å²) in [6, 6.07) is 0. The molecule has 0 spiro atoms. The zero-order valence-electron chi connectivity index (χ0n) is 16.5. The second-order valence-corrected chi connectivity index (χ2v) is 8.09. The number of hydrogen-bond donors (Lipinski definition) is 0. The summed E-state index contributed by atoms with van der Waals surface area (Å²) in [4.78, 5) is 10.2. The van der Waals surface area contributed by atoms with Gasteiger partial charge in [-0.25, -0.2) is 0 Å². The predicted molar refractivity (Wildman–Crippen MR) is 103 cm³/mol. The first-order valence-electron chi connectivity index (χ1n) is 9.96. The number of carbonyl (C=O) groups excluding carboxylic acids is 1. The topological polar surface area (TPSA) is 17.1 Å². The molecule has 0 aliphatic rings. The molecule has 0 aromatic carbocycles. The Kier molecular flexibility index (Phi) is 14.6. The minimum absolute atomic E-state index is 0.545. The molecule has 0 aliphatic heterocycles. The van der Waals surface area contributed by atoms with Crippen molar-refractivity contribution in [3.05, 3.63) is 11.6 Å². The van der Waals surface area contributed by atoms with Gasteiger partial charge in [0.2, 0.25) is 0 Å². The maximum absolute atomic E-state index is 10.2. The lowest BCUT2D eigenvalue weighted by atomic mass is 9.91. The molecule has 0 bridgehead atoms. The molecule has 0 rings (SSSR count). The van der Waals surface area contributed by atoms with E-state index in [9.17, 15) is 4.79 Å². The number of allylic oxidation sites excluding steroid dienone is 2. The largest absolute Gasteiger partial charge is 0.291 e. The van der Waals surface area contributed by atoms with Crippen LogP contribution in [0.2, 0.25) is 0 Å². The van der Waals surface area contributed by atoms with E-state index < -0.39 is 0 Å². The lowest BCUT2D eigenvalue weighted by molar-refractivity contribution is 0.389. The molecular weight excluding hydrogens is 280 g/mol. The minimum atomic E-state index is 0.545. The van der Waals surface area contributed by atoms with Crippen LogP contribution in [0, 0.1) is 17.8 Å². The third kappa shape index (κ3) is 16.1. The molecule has 2 atom stereocenters. The van der Waals surface area contributed by atoms with E-state index in [-0.39, 0.29) is 0 Å². The molecule has 0 aliphatic carbocycles. The van der Waals surface area contributed by atoms with Crippen LogP contribution >= 0.6 is 0 Å². The van der Waals surface area contributed by atoms with Crippen molar-refractivity contribution in [2.75, 3.05) is 0 Å². The third-order valence-electron chi connectivity index (χ3n) is 4.88. The monoisotopic (exact) mass is 321 g/mol. The van der Waals surface area contributed by atoms with Crippen LogP contribution < -0.4 is 0 Å². The highest BCUT2D eigenvalue weighted by Gasteiger charge is 2.06. The summed E-state index contributed by atoms with van der Waals surface area (Å²) < 4.78 is 0. The van der Waals surface area contributed by atoms with Crippen molar-refractivity contribution >= 4 is 6.29 Å². The van der Waals surface area contributed by atoms with Crippen LogP contribution in [0.4, 0.5) is 0 Å².